The van der Waals surface area contributed by atoms with Crippen molar-refractivity contribution >= 4 is 21.5 Å². The predicted molar refractivity (Wildman–Crippen MR) is 131 cm³/mol. The fourth-order valence-corrected chi connectivity index (χ4v) is 4.45. The minimum absolute atomic E-state index is 0.0372. The van der Waals surface area contributed by atoms with Crippen LogP contribution in [0.25, 0.3) is 0 Å². The summed E-state index contributed by atoms with van der Waals surface area (Å²) in [6.45, 7) is 4.19. The van der Waals surface area contributed by atoms with Crippen molar-refractivity contribution in [2.24, 2.45) is 0 Å². The van der Waals surface area contributed by atoms with Gasteiger partial charge in [-0.05, 0) is 47.9 Å². The number of halogens is 1. The van der Waals surface area contributed by atoms with Gasteiger partial charge in [-0.25, -0.2) is 22.8 Å². The summed E-state index contributed by atoms with van der Waals surface area (Å²) in [4.78, 5) is 11.1. The molecule has 0 aliphatic carbocycles. The van der Waals surface area contributed by atoms with Gasteiger partial charge in [-0.1, -0.05) is 19.1 Å². The van der Waals surface area contributed by atoms with E-state index in [0.29, 0.717) is 6.54 Å². The highest BCUT2D eigenvalue weighted by molar-refractivity contribution is 7.90. The summed E-state index contributed by atoms with van der Waals surface area (Å²) in [7, 11) is -3.44. The monoisotopic (exact) mass is 484 g/mol. The normalized spacial score (nSPS) is 14.7. The molecule has 0 bridgehead atoms. The van der Waals surface area contributed by atoms with Crippen molar-refractivity contribution in [2.45, 2.75) is 43.7 Å². The molecule has 2 heterocycles. The average Bonchev–Trinajstić information content (AvgIpc) is 2.84. The maximum absolute atomic E-state index is 14.2. The Balaban J connectivity index is 1.26. The molecule has 1 aromatic heterocycles. The molecule has 0 atom stereocenters. The second-order valence-electron chi connectivity index (χ2n) is 8.46. The van der Waals surface area contributed by atoms with Crippen molar-refractivity contribution in [1.82, 2.24) is 9.97 Å². The molecule has 0 amide bonds. The Kier molecular flexibility index (Phi) is 7.31. The Morgan fingerprint density at radius 3 is 2.32 bits per heavy atom. The molecule has 34 heavy (non-hydrogen) atoms. The highest BCUT2D eigenvalue weighted by Gasteiger charge is 2.22. The SMILES string of the molecule is CCc1cnc(N2CCC(Oc3ccc(CNc4ccc(S(C)(=O)=O)cc4F)cc3)CC2)nc1. The summed E-state index contributed by atoms with van der Waals surface area (Å²) in [5.74, 6) is 0.977. The minimum atomic E-state index is -3.44. The lowest BCUT2D eigenvalue weighted by atomic mass is 10.1. The zero-order chi connectivity index (χ0) is 24.1. The molecule has 1 N–H and O–H groups in total. The third kappa shape index (κ3) is 6.02. The Hall–Kier alpha value is -3.20. The summed E-state index contributed by atoms with van der Waals surface area (Å²) in [5.41, 5.74) is 2.35. The van der Waals surface area contributed by atoms with Gasteiger partial charge in [-0.15, -0.1) is 0 Å². The van der Waals surface area contributed by atoms with Crippen LogP contribution in [0.5, 0.6) is 5.75 Å². The van der Waals surface area contributed by atoms with Crippen molar-refractivity contribution < 1.29 is 17.5 Å². The van der Waals surface area contributed by atoms with E-state index in [1.165, 1.54) is 12.1 Å². The van der Waals surface area contributed by atoms with Crippen LogP contribution in [0.1, 0.15) is 30.9 Å². The molecule has 180 valence electrons. The highest BCUT2D eigenvalue weighted by atomic mass is 32.2. The highest BCUT2D eigenvalue weighted by Crippen LogP contribution is 2.23. The van der Waals surface area contributed by atoms with Crippen molar-refractivity contribution in [1.29, 1.82) is 0 Å². The third-order valence-electron chi connectivity index (χ3n) is 5.90. The number of rotatable bonds is 8. The molecule has 3 aromatic rings. The summed E-state index contributed by atoms with van der Waals surface area (Å²) >= 11 is 0. The molecule has 4 rings (SSSR count). The Morgan fingerprint density at radius 1 is 1.06 bits per heavy atom. The van der Waals surface area contributed by atoms with Gasteiger partial charge in [0.25, 0.3) is 0 Å². The first-order valence-corrected chi connectivity index (χ1v) is 13.3. The van der Waals surface area contributed by atoms with Gasteiger partial charge < -0.3 is 15.0 Å². The van der Waals surface area contributed by atoms with Gasteiger partial charge in [-0.3, -0.25) is 0 Å². The van der Waals surface area contributed by atoms with E-state index in [4.69, 9.17) is 4.74 Å². The molecular formula is C25H29FN4O3S. The topological polar surface area (TPSA) is 84.4 Å². The number of aromatic nitrogens is 2. The van der Waals surface area contributed by atoms with E-state index in [0.717, 1.165) is 67.5 Å². The smallest absolute Gasteiger partial charge is 0.225 e. The summed E-state index contributed by atoms with van der Waals surface area (Å²) in [6, 6.07) is 11.6. The van der Waals surface area contributed by atoms with Gasteiger partial charge in [0.15, 0.2) is 9.84 Å². The second-order valence-corrected chi connectivity index (χ2v) is 10.5. The van der Waals surface area contributed by atoms with Crippen LogP contribution in [0.2, 0.25) is 0 Å². The molecule has 1 aliphatic heterocycles. The molecule has 0 radical (unpaired) electrons. The lowest BCUT2D eigenvalue weighted by Gasteiger charge is -2.32. The summed E-state index contributed by atoms with van der Waals surface area (Å²) < 4.78 is 43.5. The van der Waals surface area contributed by atoms with Crippen LogP contribution in [0.15, 0.2) is 59.8 Å². The van der Waals surface area contributed by atoms with E-state index in [2.05, 4.69) is 27.1 Å². The Bertz CT molecular complexity index is 1210. The molecular weight excluding hydrogens is 455 g/mol. The maximum atomic E-state index is 14.2. The molecule has 9 heteroatoms. The van der Waals surface area contributed by atoms with Crippen LogP contribution in [-0.4, -0.2) is 43.8 Å². The van der Waals surface area contributed by atoms with Gasteiger partial charge in [0.2, 0.25) is 5.95 Å². The largest absolute Gasteiger partial charge is 0.490 e. The zero-order valence-corrected chi connectivity index (χ0v) is 20.2. The van der Waals surface area contributed by atoms with Crippen LogP contribution in [0, 0.1) is 5.82 Å². The van der Waals surface area contributed by atoms with Gasteiger partial charge in [0, 0.05) is 51.1 Å². The summed E-state index contributed by atoms with van der Waals surface area (Å²) in [5, 5.41) is 3.01. The van der Waals surface area contributed by atoms with E-state index >= 15 is 0 Å². The van der Waals surface area contributed by atoms with E-state index in [1.54, 1.807) is 0 Å². The number of hydrogen-bond donors (Lipinski definition) is 1. The lowest BCUT2D eigenvalue weighted by Crippen LogP contribution is -2.39. The fourth-order valence-electron chi connectivity index (χ4n) is 3.81. The molecule has 1 saturated heterocycles. The van der Waals surface area contributed by atoms with Crippen molar-refractivity contribution in [2.75, 3.05) is 29.6 Å². The van der Waals surface area contributed by atoms with E-state index in [-0.39, 0.29) is 16.7 Å². The first kappa shape index (κ1) is 23.9. The van der Waals surface area contributed by atoms with E-state index < -0.39 is 15.7 Å². The fraction of sp³-hybridized carbons (Fsp3) is 0.360. The quantitative estimate of drug-likeness (QED) is 0.512. The number of benzene rings is 2. The predicted octanol–water partition coefficient (Wildman–Crippen LogP) is 4.24. The summed E-state index contributed by atoms with van der Waals surface area (Å²) in [6.07, 6.45) is 7.69. The van der Waals surface area contributed by atoms with Gasteiger partial charge in [0.05, 0.1) is 10.6 Å². The second kappa shape index (κ2) is 10.4. The van der Waals surface area contributed by atoms with E-state index in [1.807, 2.05) is 36.7 Å². The first-order valence-electron chi connectivity index (χ1n) is 11.4. The van der Waals surface area contributed by atoms with E-state index in [9.17, 15) is 12.8 Å². The number of anilines is 2. The Morgan fingerprint density at radius 2 is 1.74 bits per heavy atom. The number of nitrogens with one attached hydrogen (secondary N) is 1. The molecule has 0 spiro atoms. The van der Waals surface area contributed by atoms with Crippen LogP contribution in [0.4, 0.5) is 16.0 Å². The zero-order valence-electron chi connectivity index (χ0n) is 19.4. The molecule has 2 aromatic carbocycles. The molecule has 1 fully saturated rings. The molecule has 7 nitrogen and oxygen atoms in total. The Labute approximate surface area is 199 Å². The van der Waals surface area contributed by atoms with Crippen LogP contribution < -0.4 is 15.0 Å². The lowest BCUT2D eigenvalue weighted by molar-refractivity contribution is 0.170. The van der Waals surface area contributed by atoms with Crippen molar-refractivity contribution in [3.05, 3.63) is 71.8 Å². The number of ether oxygens (including phenoxy) is 1. The average molecular weight is 485 g/mol. The van der Waals surface area contributed by atoms with Gasteiger partial charge in [0.1, 0.15) is 17.7 Å². The third-order valence-corrected chi connectivity index (χ3v) is 7.01. The number of sulfone groups is 1. The molecule has 0 saturated carbocycles. The molecule has 0 unspecified atom stereocenters. The van der Waals surface area contributed by atoms with Crippen molar-refractivity contribution in [3.63, 3.8) is 0 Å². The number of nitrogens with zero attached hydrogens (tertiary/aromatic N) is 3. The maximum Gasteiger partial charge on any atom is 0.225 e. The van der Waals surface area contributed by atoms with Gasteiger partial charge >= 0.3 is 0 Å². The van der Waals surface area contributed by atoms with Crippen LogP contribution in [-0.2, 0) is 22.8 Å². The first-order chi connectivity index (χ1) is 16.3. The number of hydrogen-bond acceptors (Lipinski definition) is 7. The molecule has 1 aliphatic rings. The van der Waals surface area contributed by atoms with Gasteiger partial charge in [-0.2, -0.15) is 0 Å². The minimum Gasteiger partial charge on any atom is -0.490 e. The standard InChI is InChI=1S/C25H29FN4O3S/c1-3-18-15-28-25(29-16-18)30-12-10-21(11-13-30)33-20-6-4-19(5-7-20)17-27-24-9-8-22(14-23(24)26)34(2,31)32/h4-9,14-16,21,27H,3,10-13,17H2,1-2H3. The van der Waals surface area contributed by atoms with Crippen molar-refractivity contribution in [3.8, 4) is 5.75 Å². The number of aryl methyl sites for hydroxylation is 1. The van der Waals surface area contributed by atoms with Crippen LogP contribution in [0.3, 0.4) is 0 Å². The number of piperidine rings is 1. The van der Waals surface area contributed by atoms with Crippen LogP contribution >= 0.6 is 0 Å².